The number of aryl methyl sites for hydroxylation is 1. The molecule has 3 aliphatic heterocycles. The number of H-pyrrole nitrogens is 1. The van der Waals surface area contributed by atoms with Gasteiger partial charge in [0.2, 0.25) is 11.8 Å². The topological polar surface area (TPSA) is 199 Å². The zero-order chi connectivity index (χ0) is 42.5. The second-order valence-electron chi connectivity index (χ2n) is 15.2. The molecule has 60 heavy (non-hydrogen) atoms. The van der Waals surface area contributed by atoms with Gasteiger partial charge in [-0.05, 0) is 92.8 Å². The number of carbonyl (C=O) groups is 7. The molecule has 0 radical (unpaired) electrons. The van der Waals surface area contributed by atoms with E-state index in [2.05, 4.69) is 31.6 Å². The minimum absolute atomic E-state index is 0.0440. The number of aromatic nitrogens is 1. The first-order valence-corrected chi connectivity index (χ1v) is 20.2. The van der Waals surface area contributed by atoms with Gasteiger partial charge < -0.3 is 26.3 Å². The van der Waals surface area contributed by atoms with Crippen molar-refractivity contribution in [3.05, 3.63) is 117 Å². The highest BCUT2D eigenvalue weighted by Gasteiger charge is 2.45. The van der Waals surface area contributed by atoms with Crippen molar-refractivity contribution in [1.29, 1.82) is 0 Å². The second kappa shape index (κ2) is 17.9. The molecule has 1 saturated heterocycles. The summed E-state index contributed by atoms with van der Waals surface area (Å²) in [5, 5.41) is 14.1. The Labute approximate surface area is 345 Å². The number of fused-ring (bicyclic) bond motifs is 2. The Morgan fingerprint density at radius 3 is 2.23 bits per heavy atom. The summed E-state index contributed by atoms with van der Waals surface area (Å²) in [7, 11) is 0. The molecule has 0 saturated carbocycles. The van der Waals surface area contributed by atoms with Crippen molar-refractivity contribution >= 4 is 64.4 Å². The SMILES string of the molecule is Cc1[nH]c(/C=C2\C(=O)Nc3ccc(F)cc32)c(C)c1C(=O)NCCCCCCCCNC(=O)c1ccc(CNc2cccc3c2C(=O)N(C2CCC(=O)NC2=O)C3=O)cc1. The van der Waals surface area contributed by atoms with E-state index in [1.807, 2.05) is 26.0 Å². The van der Waals surface area contributed by atoms with Crippen molar-refractivity contribution in [2.75, 3.05) is 23.7 Å². The second-order valence-corrected chi connectivity index (χ2v) is 15.2. The lowest BCUT2D eigenvalue weighted by Crippen LogP contribution is -2.54. The van der Waals surface area contributed by atoms with E-state index < -0.39 is 35.5 Å². The van der Waals surface area contributed by atoms with Crippen LogP contribution in [0, 0.1) is 19.7 Å². The lowest BCUT2D eigenvalue weighted by Gasteiger charge is -2.27. The molecule has 0 spiro atoms. The highest BCUT2D eigenvalue weighted by molar-refractivity contribution is 6.35. The average molecular weight is 816 g/mol. The molecule has 4 heterocycles. The number of rotatable bonds is 16. The zero-order valence-electron chi connectivity index (χ0n) is 33.4. The first-order chi connectivity index (χ1) is 28.9. The van der Waals surface area contributed by atoms with Crippen LogP contribution in [-0.4, -0.2) is 70.4 Å². The number of anilines is 2. The summed E-state index contributed by atoms with van der Waals surface area (Å²) < 4.78 is 13.9. The molecule has 1 fully saturated rings. The third-order valence-electron chi connectivity index (χ3n) is 11.1. The van der Waals surface area contributed by atoms with Crippen molar-refractivity contribution < 1.29 is 38.0 Å². The molecule has 4 aromatic rings. The molecule has 1 aromatic heterocycles. The smallest absolute Gasteiger partial charge is 0.264 e. The monoisotopic (exact) mass is 815 g/mol. The molecule has 3 aliphatic rings. The van der Waals surface area contributed by atoms with Gasteiger partial charge in [0, 0.05) is 59.9 Å². The van der Waals surface area contributed by atoms with E-state index >= 15 is 0 Å². The molecule has 0 aliphatic carbocycles. The Morgan fingerprint density at radius 2 is 1.52 bits per heavy atom. The van der Waals surface area contributed by atoms with Gasteiger partial charge in [0.1, 0.15) is 11.9 Å². The first kappa shape index (κ1) is 41.3. The standard InChI is InChI=1S/C45H46FN7O7/c1-25-35(23-32-31-22-29(46)16-17-33(31)51-41(32)56)50-26(2)38(25)43(58)48-21-8-6-4-3-5-7-20-47-40(55)28-14-12-27(13-15-28)24-49-34-11-9-10-30-39(34)45(60)53(44(30)59)36-18-19-37(54)52-42(36)57/h9-17,22-23,36,49-50H,3-8,18-21,24H2,1-2H3,(H,47,55)(H,48,58)(H,51,56)(H,52,54,57)/b32-23-. The van der Waals surface area contributed by atoms with Crippen molar-refractivity contribution in [2.24, 2.45) is 0 Å². The number of carbonyl (C=O) groups excluding carboxylic acids is 7. The molecule has 3 aromatic carbocycles. The summed E-state index contributed by atoms with van der Waals surface area (Å²) in [6, 6.07) is 15.1. The van der Waals surface area contributed by atoms with Gasteiger partial charge >= 0.3 is 0 Å². The van der Waals surface area contributed by atoms with E-state index in [1.165, 1.54) is 18.2 Å². The Balaban J connectivity index is 0.781. The number of hydrogen-bond donors (Lipinski definition) is 6. The fourth-order valence-corrected chi connectivity index (χ4v) is 7.89. The number of imide groups is 2. The van der Waals surface area contributed by atoms with Crippen molar-refractivity contribution in [3.8, 4) is 0 Å². The Bertz CT molecular complexity index is 2440. The zero-order valence-corrected chi connectivity index (χ0v) is 33.4. The predicted octanol–water partition coefficient (Wildman–Crippen LogP) is 5.78. The van der Waals surface area contributed by atoms with Gasteiger partial charge in [0.15, 0.2) is 0 Å². The molecule has 1 atom stereocenters. The van der Waals surface area contributed by atoms with Crippen LogP contribution in [0.3, 0.4) is 0 Å². The summed E-state index contributed by atoms with van der Waals surface area (Å²) in [6.07, 6.45) is 7.33. The molecular weight excluding hydrogens is 770 g/mol. The average Bonchev–Trinajstić information content (AvgIpc) is 3.79. The van der Waals surface area contributed by atoms with E-state index in [4.69, 9.17) is 0 Å². The van der Waals surface area contributed by atoms with Crippen LogP contribution in [0.1, 0.15) is 121 Å². The largest absolute Gasteiger partial charge is 0.380 e. The first-order valence-electron chi connectivity index (χ1n) is 20.2. The minimum Gasteiger partial charge on any atom is -0.380 e. The molecule has 7 rings (SSSR count). The van der Waals surface area contributed by atoms with Crippen LogP contribution in [0.25, 0.3) is 11.6 Å². The number of amides is 7. The van der Waals surface area contributed by atoms with Gasteiger partial charge in [0.05, 0.1) is 22.3 Å². The molecular formula is C45H46FN7O7. The van der Waals surface area contributed by atoms with Crippen molar-refractivity contribution in [3.63, 3.8) is 0 Å². The van der Waals surface area contributed by atoms with E-state index in [9.17, 15) is 38.0 Å². The number of hydrogen-bond acceptors (Lipinski definition) is 8. The summed E-state index contributed by atoms with van der Waals surface area (Å²) >= 11 is 0. The molecule has 1 unspecified atom stereocenters. The summed E-state index contributed by atoms with van der Waals surface area (Å²) in [5.74, 6) is -3.38. The van der Waals surface area contributed by atoms with E-state index in [1.54, 1.807) is 36.4 Å². The number of piperidine rings is 1. The molecule has 7 amide bonds. The van der Waals surface area contributed by atoms with Crippen LogP contribution in [0.5, 0.6) is 0 Å². The number of nitrogens with one attached hydrogen (secondary N) is 6. The van der Waals surface area contributed by atoms with Crippen LogP contribution >= 0.6 is 0 Å². The highest BCUT2D eigenvalue weighted by Crippen LogP contribution is 2.35. The van der Waals surface area contributed by atoms with Gasteiger partial charge in [0.25, 0.3) is 29.5 Å². The molecule has 310 valence electrons. The summed E-state index contributed by atoms with van der Waals surface area (Å²) in [5.41, 5.74) is 6.09. The summed E-state index contributed by atoms with van der Waals surface area (Å²) in [4.78, 5) is 93.0. The van der Waals surface area contributed by atoms with Gasteiger partial charge in [-0.2, -0.15) is 0 Å². The summed E-state index contributed by atoms with van der Waals surface area (Å²) in [6.45, 7) is 5.02. The van der Waals surface area contributed by atoms with Crippen LogP contribution in [-0.2, 0) is 20.9 Å². The molecule has 6 N–H and O–H groups in total. The van der Waals surface area contributed by atoms with Crippen LogP contribution in [0.4, 0.5) is 15.8 Å². The van der Waals surface area contributed by atoms with Crippen molar-refractivity contribution in [2.45, 2.75) is 77.8 Å². The number of benzene rings is 3. The van der Waals surface area contributed by atoms with Gasteiger partial charge in [-0.15, -0.1) is 0 Å². The van der Waals surface area contributed by atoms with Crippen LogP contribution in [0.15, 0.2) is 60.7 Å². The Morgan fingerprint density at radius 1 is 0.817 bits per heavy atom. The highest BCUT2D eigenvalue weighted by atomic mass is 19.1. The fourth-order valence-electron chi connectivity index (χ4n) is 7.89. The van der Waals surface area contributed by atoms with E-state index in [0.29, 0.717) is 70.2 Å². The van der Waals surface area contributed by atoms with Gasteiger partial charge in [-0.3, -0.25) is 43.8 Å². The van der Waals surface area contributed by atoms with E-state index in [0.717, 1.165) is 49.0 Å². The lowest BCUT2D eigenvalue weighted by atomic mass is 10.0. The number of halogens is 1. The quantitative estimate of drug-likeness (QED) is 0.0465. The fraction of sp³-hybridized carbons (Fsp3) is 0.311. The maximum Gasteiger partial charge on any atom is 0.264 e. The molecule has 14 nitrogen and oxygen atoms in total. The maximum atomic E-state index is 13.9. The predicted molar refractivity (Wildman–Crippen MR) is 222 cm³/mol. The lowest BCUT2D eigenvalue weighted by molar-refractivity contribution is -0.136. The number of aromatic amines is 1. The Hall–Kier alpha value is -6.90. The Kier molecular flexibility index (Phi) is 12.3. The van der Waals surface area contributed by atoms with Crippen LogP contribution in [0.2, 0.25) is 0 Å². The molecule has 0 bridgehead atoms. The number of nitrogens with zero attached hydrogens (tertiary/aromatic N) is 1. The molecule has 15 heteroatoms. The normalized spacial score (nSPS) is 16.4. The maximum absolute atomic E-state index is 13.9. The van der Waals surface area contributed by atoms with Gasteiger partial charge in [-0.25, -0.2) is 4.39 Å². The van der Waals surface area contributed by atoms with E-state index in [-0.39, 0.29) is 41.7 Å². The third kappa shape index (κ3) is 8.75. The number of unbranched alkanes of at least 4 members (excludes halogenated alkanes) is 5. The minimum atomic E-state index is -1.04. The van der Waals surface area contributed by atoms with Gasteiger partial charge in [-0.1, -0.05) is 43.9 Å². The van der Waals surface area contributed by atoms with Crippen molar-refractivity contribution in [1.82, 2.24) is 25.8 Å². The third-order valence-corrected chi connectivity index (χ3v) is 11.1. The van der Waals surface area contributed by atoms with Crippen LogP contribution < -0.4 is 26.6 Å².